The molecule has 30 heavy (non-hydrogen) atoms. The van der Waals surface area contributed by atoms with Crippen molar-refractivity contribution in [2.45, 2.75) is 6.18 Å². The highest BCUT2D eigenvalue weighted by Crippen LogP contribution is 2.29. The second kappa shape index (κ2) is 9.72. The smallest absolute Gasteiger partial charge is 0.379 e. The van der Waals surface area contributed by atoms with E-state index in [1.165, 1.54) is 29.4 Å². The molecule has 1 aromatic heterocycles. The number of benzene rings is 1. The van der Waals surface area contributed by atoms with Gasteiger partial charge in [-0.1, -0.05) is 11.2 Å². The van der Waals surface area contributed by atoms with Gasteiger partial charge in [0, 0.05) is 37.8 Å². The molecular formula is C19H21F3N4O4. The van der Waals surface area contributed by atoms with Crippen molar-refractivity contribution in [2.24, 2.45) is 0 Å². The van der Waals surface area contributed by atoms with Gasteiger partial charge in [0.15, 0.2) is 5.82 Å². The Labute approximate surface area is 170 Å². The van der Waals surface area contributed by atoms with Gasteiger partial charge in [0.25, 0.3) is 5.91 Å². The Morgan fingerprint density at radius 3 is 2.63 bits per heavy atom. The van der Waals surface area contributed by atoms with Crippen LogP contribution in [0.15, 0.2) is 41.1 Å². The van der Waals surface area contributed by atoms with Gasteiger partial charge < -0.3 is 19.5 Å². The van der Waals surface area contributed by atoms with E-state index >= 15 is 0 Å². The average Bonchev–Trinajstić information content (AvgIpc) is 3.23. The lowest BCUT2D eigenvalue weighted by molar-refractivity contribution is -0.137. The fourth-order valence-corrected chi connectivity index (χ4v) is 2.98. The number of hydrogen-bond acceptors (Lipinski definition) is 6. The van der Waals surface area contributed by atoms with Crippen molar-refractivity contribution in [3.05, 3.63) is 47.7 Å². The lowest BCUT2D eigenvalue weighted by Crippen LogP contribution is -2.45. The summed E-state index contributed by atoms with van der Waals surface area (Å²) in [6, 6.07) is 5.59. The molecular weight excluding hydrogens is 405 g/mol. The first kappa shape index (κ1) is 21.8. The molecule has 8 nitrogen and oxygen atoms in total. The standard InChI is InChI=1S/C19H21F3N4O4/c20-19(21,22)15-3-1-2-14(12-15)18(28)26(6-5-25-7-10-29-11-8-25)13-17(27)23-16-4-9-30-24-16/h1-4,9,12H,5-8,10-11,13H2,(H,23,24,27). The third-order valence-corrected chi connectivity index (χ3v) is 4.55. The van der Waals surface area contributed by atoms with Gasteiger partial charge in [0.05, 0.1) is 18.8 Å². The fraction of sp³-hybridized carbons (Fsp3) is 0.421. The maximum absolute atomic E-state index is 13.0. The van der Waals surface area contributed by atoms with Crippen LogP contribution in [0.4, 0.5) is 19.0 Å². The van der Waals surface area contributed by atoms with Gasteiger partial charge in [-0.3, -0.25) is 14.5 Å². The molecule has 0 unspecified atom stereocenters. The first-order valence-electron chi connectivity index (χ1n) is 9.30. The number of alkyl halides is 3. The first-order chi connectivity index (χ1) is 14.3. The molecule has 2 heterocycles. The zero-order valence-electron chi connectivity index (χ0n) is 16.0. The van der Waals surface area contributed by atoms with Crippen LogP contribution in [0.2, 0.25) is 0 Å². The van der Waals surface area contributed by atoms with Gasteiger partial charge in [-0.05, 0) is 18.2 Å². The second-order valence-electron chi connectivity index (χ2n) is 6.69. The number of hydrogen-bond donors (Lipinski definition) is 1. The molecule has 0 aliphatic carbocycles. The quantitative estimate of drug-likeness (QED) is 0.730. The van der Waals surface area contributed by atoms with E-state index in [0.717, 1.165) is 12.1 Å². The highest BCUT2D eigenvalue weighted by Gasteiger charge is 2.31. The molecule has 2 aromatic rings. The largest absolute Gasteiger partial charge is 0.416 e. The molecule has 1 fully saturated rings. The van der Waals surface area contributed by atoms with Crippen molar-refractivity contribution >= 4 is 17.6 Å². The van der Waals surface area contributed by atoms with Crippen LogP contribution in [0.1, 0.15) is 15.9 Å². The van der Waals surface area contributed by atoms with Gasteiger partial charge in [0.2, 0.25) is 5.91 Å². The van der Waals surface area contributed by atoms with Crippen LogP contribution in [0.5, 0.6) is 0 Å². The number of morpholine rings is 1. The van der Waals surface area contributed by atoms with Crippen LogP contribution < -0.4 is 5.32 Å². The highest BCUT2D eigenvalue weighted by atomic mass is 19.4. The molecule has 0 radical (unpaired) electrons. The van der Waals surface area contributed by atoms with Crippen molar-refractivity contribution in [3.63, 3.8) is 0 Å². The summed E-state index contributed by atoms with van der Waals surface area (Å²) in [5.74, 6) is -1.02. The zero-order chi connectivity index (χ0) is 21.6. The molecule has 1 aromatic carbocycles. The molecule has 0 spiro atoms. The van der Waals surface area contributed by atoms with E-state index in [4.69, 9.17) is 4.74 Å². The van der Waals surface area contributed by atoms with E-state index < -0.39 is 23.6 Å². The maximum Gasteiger partial charge on any atom is 0.416 e. The van der Waals surface area contributed by atoms with Crippen LogP contribution in [0.25, 0.3) is 0 Å². The number of nitrogens with zero attached hydrogens (tertiary/aromatic N) is 3. The Hall–Kier alpha value is -2.92. The van der Waals surface area contributed by atoms with Crippen LogP contribution in [-0.2, 0) is 15.7 Å². The number of anilines is 1. The van der Waals surface area contributed by atoms with E-state index in [9.17, 15) is 22.8 Å². The summed E-state index contributed by atoms with van der Waals surface area (Å²) in [4.78, 5) is 28.6. The third kappa shape index (κ3) is 6.04. The normalized spacial score (nSPS) is 15.0. The summed E-state index contributed by atoms with van der Waals surface area (Å²) in [5, 5.41) is 6.05. The van der Waals surface area contributed by atoms with Crippen molar-refractivity contribution < 1.29 is 32.0 Å². The fourth-order valence-electron chi connectivity index (χ4n) is 2.98. The van der Waals surface area contributed by atoms with E-state index in [2.05, 4.69) is 19.9 Å². The highest BCUT2D eigenvalue weighted by molar-refractivity contribution is 5.99. The molecule has 1 N–H and O–H groups in total. The SMILES string of the molecule is O=C(CN(CCN1CCOCC1)C(=O)c1cccc(C(F)(F)F)c1)Nc1ccon1. The number of rotatable bonds is 7. The predicted molar refractivity (Wildman–Crippen MR) is 99.7 cm³/mol. The van der Waals surface area contributed by atoms with Crippen molar-refractivity contribution in [3.8, 4) is 0 Å². The molecule has 0 saturated carbocycles. The number of nitrogens with one attached hydrogen (secondary N) is 1. The minimum atomic E-state index is -4.57. The Morgan fingerprint density at radius 1 is 1.20 bits per heavy atom. The Kier molecular flexibility index (Phi) is 7.06. The van der Waals surface area contributed by atoms with Crippen LogP contribution in [-0.4, -0.2) is 72.7 Å². The Bertz CT molecular complexity index is 852. The summed E-state index contributed by atoms with van der Waals surface area (Å²) in [6.07, 6.45) is -3.29. The molecule has 11 heteroatoms. The second-order valence-corrected chi connectivity index (χ2v) is 6.69. The van der Waals surface area contributed by atoms with Crippen LogP contribution in [0, 0.1) is 0 Å². The molecule has 1 aliphatic heterocycles. The topological polar surface area (TPSA) is 87.9 Å². The minimum absolute atomic E-state index is 0.138. The average molecular weight is 426 g/mol. The number of carbonyl (C=O) groups is 2. The molecule has 162 valence electrons. The van der Waals surface area contributed by atoms with E-state index in [-0.39, 0.29) is 24.5 Å². The summed E-state index contributed by atoms with van der Waals surface area (Å²) >= 11 is 0. The Morgan fingerprint density at radius 2 is 1.97 bits per heavy atom. The molecule has 1 saturated heterocycles. The molecule has 3 rings (SSSR count). The molecule has 2 amide bonds. The van der Waals surface area contributed by atoms with Gasteiger partial charge in [-0.15, -0.1) is 0 Å². The van der Waals surface area contributed by atoms with Gasteiger partial charge in [0.1, 0.15) is 12.8 Å². The lowest BCUT2D eigenvalue weighted by atomic mass is 10.1. The number of amides is 2. The predicted octanol–water partition coefficient (Wildman–Crippen LogP) is 2.11. The molecule has 1 aliphatic rings. The summed E-state index contributed by atoms with van der Waals surface area (Å²) in [5.41, 5.74) is -1.06. The van der Waals surface area contributed by atoms with Crippen LogP contribution >= 0.6 is 0 Å². The monoisotopic (exact) mass is 426 g/mol. The lowest BCUT2D eigenvalue weighted by Gasteiger charge is -2.30. The van der Waals surface area contributed by atoms with Gasteiger partial charge in [-0.2, -0.15) is 13.2 Å². The van der Waals surface area contributed by atoms with Gasteiger partial charge >= 0.3 is 6.18 Å². The summed E-state index contributed by atoms with van der Waals surface area (Å²) in [6.45, 7) is 2.77. The van der Waals surface area contributed by atoms with Crippen molar-refractivity contribution in [2.75, 3.05) is 51.3 Å². The number of halogens is 3. The number of ether oxygens (including phenoxy) is 1. The van der Waals surface area contributed by atoms with E-state index in [1.54, 1.807) is 0 Å². The van der Waals surface area contributed by atoms with Crippen LogP contribution in [0.3, 0.4) is 0 Å². The van der Waals surface area contributed by atoms with Gasteiger partial charge in [-0.25, -0.2) is 0 Å². The maximum atomic E-state index is 13.0. The Balaban J connectivity index is 1.73. The first-order valence-corrected chi connectivity index (χ1v) is 9.30. The molecule has 0 atom stereocenters. The van der Waals surface area contributed by atoms with E-state index in [0.29, 0.717) is 32.8 Å². The number of aromatic nitrogens is 1. The minimum Gasteiger partial charge on any atom is -0.379 e. The van der Waals surface area contributed by atoms with Crippen molar-refractivity contribution in [1.82, 2.24) is 15.0 Å². The zero-order valence-corrected chi connectivity index (χ0v) is 16.0. The number of carbonyl (C=O) groups excluding carboxylic acids is 2. The summed E-state index contributed by atoms with van der Waals surface area (Å²) in [7, 11) is 0. The summed E-state index contributed by atoms with van der Waals surface area (Å²) < 4.78 is 49.0. The third-order valence-electron chi connectivity index (χ3n) is 4.55. The molecule has 0 bridgehead atoms. The van der Waals surface area contributed by atoms with E-state index in [1.807, 2.05) is 0 Å². The van der Waals surface area contributed by atoms with Crippen molar-refractivity contribution in [1.29, 1.82) is 0 Å².